The minimum atomic E-state index is 0.292. The first-order valence-corrected chi connectivity index (χ1v) is 11.1. The summed E-state index contributed by atoms with van der Waals surface area (Å²) >= 11 is 1.44. The van der Waals surface area contributed by atoms with E-state index in [0.717, 1.165) is 31.6 Å². The highest BCUT2D eigenvalue weighted by molar-refractivity contribution is 8.13. The highest BCUT2D eigenvalue weighted by Gasteiger charge is 2.10. The van der Waals surface area contributed by atoms with Crippen LogP contribution in [-0.2, 0) is 14.3 Å². The van der Waals surface area contributed by atoms with Gasteiger partial charge in [0.1, 0.15) is 0 Å². The summed E-state index contributed by atoms with van der Waals surface area (Å²) in [5, 5.41) is 0.321. The smallest absolute Gasteiger partial charge is 0.188 e. The monoisotopic (exact) mass is 360 g/mol. The molecule has 0 aromatic carbocycles. The van der Waals surface area contributed by atoms with Crippen molar-refractivity contribution in [2.24, 2.45) is 0 Å². The fraction of sp³-hybridized carbons (Fsp3) is 0.950. The second-order valence-corrected chi connectivity index (χ2v) is 7.62. The molecule has 0 radical (unpaired) electrons. The van der Waals surface area contributed by atoms with Gasteiger partial charge in [-0.3, -0.25) is 4.79 Å². The van der Waals surface area contributed by atoms with Gasteiger partial charge in [0.25, 0.3) is 0 Å². The van der Waals surface area contributed by atoms with Gasteiger partial charge in [-0.05, 0) is 31.9 Å². The normalized spacial score (nSPS) is 12.5. The molecule has 0 heterocycles. The van der Waals surface area contributed by atoms with Crippen molar-refractivity contribution in [3.05, 3.63) is 0 Å². The predicted octanol–water partition coefficient (Wildman–Crippen LogP) is 6.00. The summed E-state index contributed by atoms with van der Waals surface area (Å²) in [5.41, 5.74) is 0. The Labute approximate surface area is 154 Å². The molecule has 0 saturated carbocycles. The zero-order valence-electron chi connectivity index (χ0n) is 16.3. The summed E-state index contributed by atoms with van der Waals surface area (Å²) in [4.78, 5) is 11.6. The van der Waals surface area contributed by atoms with Crippen LogP contribution in [0.5, 0.6) is 0 Å². The first-order chi connectivity index (χ1) is 11.7. The molecule has 0 amide bonds. The Kier molecular flexibility index (Phi) is 19.2. The number of carbonyl (C=O) groups is 1. The van der Waals surface area contributed by atoms with Gasteiger partial charge >= 0.3 is 0 Å². The lowest BCUT2D eigenvalue weighted by molar-refractivity contribution is -0.111. The van der Waals surface area contributed by atoms with Gasteiger partial charge in [0.15, 0.2) is 5.12 Å². The molecule has 0 aromatic heterocycles. The molecule has 0 aliphatic rings. The molecule has 0 aliphatic heterocycles. The fourth-order valence-electron chi connectivity index (χ4n) is 2.77. The molecule has 0 fully saturated rings. The maximum Gasteiger partial charge on any atom is 0.188 e. The van der Waals surface area contributed by atoms with E-state index < -0.39 is 0 Å². The maximum absolute atomic E-state index is 11.6. The Bertz CT molecular complexity index is 272. The third-order valence-corrected chi connectivity index (χ3v) is 4.94. The predicted molar refractivity (Wildman–Crippen MR) is 106 cm³/mol. The summed E-state index contributed by atoms with van der Waals surface area (Å²) in [6.07, 6.45) is 13.3. The Morgan fingerprint density at radius 2 is 1.54 bits per heavy atom. The van der Waals surface area contributed by atoms with Crippen LogP contribution in [0.3, 0.4) is 0 Å². The van der Waals surface area contributed by atoms with E-state index in [2.05, 4.69) is 6.92 Å². The van der Waals surface area contributed by atoms with E-state index in [-0.39, 0.29) is 0 Å². The molecule has 0 saturated heterocycles. The third-order valence-electron chi connectivity index (χ3n) is 4.13. The second-order valence-electron chi connectivity index (χ2n) is 6.30. The van der Waals surface area contributed by atoms with Gasteiger partial charge in [0.05, 0.1) is 19.3 Å². The molecule has 144 valence electrons. The van der Waals surface area contributed by atoms with Crippen LogP contribution in [0.15, 0.2) is 0 Å². The molecule has 1 unspecified atom stereocenters. The topological polar surface area (TPSA) is 35.5 Å². The van der Waals surface area contributed by atoms with Gasteiger partial charge in [0, 0.05) is 13.0 Å². The molecule has 0 aliphatic carbocycles. The van der Waals surface area contributed by atoms with Crippen LogP contribution in [0.2, 0.25) is 0 Å². The van der Waals surface area contributed by atoms with Gasteiger partial charge < -0.3 is 9.47 Å². The number of thioether (sulfide) groups is 1. The Morgan fingerprint density at radius 1 is 0.875 bits per heavy atom. The zero-order valence-corrected chi connectivity index (χ0v) is 17.1. The molecular formula is C20H40O3S. The second kappa shape index (κ2) is 19.3. The first-order valence-electron chi connectivity index (χ1n) is 10.1. The average Bonchev–Trinajstić information content (AvgIpc) is 2.57. The van der Waals surface area contributed by atoms with E-state index >= 15 is 0 Å². The third kappa shape index (κ3) is 16.8. The number of hydrogen-bond donors (Lipinski definition) is 0. The maximum atomic E-state index is 11.6. The Morgan fingerprint density at radius 3 is 2.21 bits per heavy atom. The van der Waals surface area contributed by atoms with Crippen LogP contribution in [-0.4, -0.2) is 36.8 Å². The van der Waals surface area contributed by atoms with Gasteiger partial charge in [-0.2, -0.15) is 0 Å². The van der Waals surface area contributed by atoms with Crippen LogP contribution >= 0.6 is 11.8 Å². The highest BCUT2D eigenvalue weighted by Crippen LogP contribution is 2.17. The summed E-state index contributed by atoms with van der Waals surface area (Å²) in [7, 11) is 0. The molecule has 3 nitrogen and oxygen atoms in total. The van der Waals surface area contributed by atoms with Crippen LogP contribution in [0.4, 0.5) is 0 Å². The van der Waals surface area contributed by atoms with Crippen LogP contribution < -0.4 is 0 Å². The van der Waals surface area contributed by atoms with Crippen molar-refractivity contribution in [3.8, 4) is 0 Å². The number of ether oxygens (including phenoxy) is 2. The van der Waals surface area contributed by atoms with Crippen LogP contribution in [0, 0.1) is 0 Å². The molecule has 1 atom stereocenters. The molecule has 0 N–H and O–H groups in total. The summed E-state index contributed by atoms with van der Waals surface area (Å²) in [5.74, 6) is 0.880. The van der Waals surface area contributed by atoms with E-state index in [0.29, 0.717) is 30.9 Å². The van der Waals surface area contributed by atoms with E-state index in [1.54, 1.807) is 0 Å². The minimum absolute atomic E-state index is 0.292. The van der Waals surface area contributed by atoms with Gasteiger partial charge in [-0.15, -0.1) is 0 Å². The van der Waals surface area contributed by atoms with E-state index in [4.69, 9.17) is 9.47 Å². The van der Waals surface area contributed by atoms with Gasteiger partial charge in [0.2, 0.25) is 0 Å². The largest absolute Gasteiger partial charge is 0.379 e. The summed E-state index contributed by atoms with van der Waals surface area (Å²) in [6, 6.07) is 0. The minimum Gasteiger partial charge on any atom is -0.379 e. The zero-order chi connectivity index (χ0) is 17.9. The lowest BCUT2D eigenvalue weighted by Crippen LogP contribution is -2.17. The highest BCUT2D eigenvalue weighted by atomic mass is 32.2. The fourth-order valence-corrected chi connectivity index (χ4v) is 3.38. The molecule has 0 spiro atoms. The number of hydrogen-bond acceptors (Lipinski definition) is 4. The SMILES string of the molecule is CCCCCCCCCC(CCCC(=O)SCC)OCCOCC. The molecular weight excluding hydrogens is 320 g/mol. The molecule has 0 bridgehead atoms. The van der Waals surface area contributed by atoms with E-state index in [1.165, 1.54) is 56.7 Å². The summed E-state index contributed by atoms with van der Waals surface area (Å²) < 4.78 is 11.3. The first kappa shape index (κ1) is 23.9. The standard InChI is InChI=1S/C20H40O3S/c1-4-7-8-9-10-11-12-14-19(23-18-17-22-5-2)15-13-16-20(21)24-6-3/h19H,4-18H2,1-3H3. The van der Waals surface area contributed by atoms with Crippen molar-refractivity contribution in [3.63, 3.8) is 0 Å². The van der Waals surface area contributed by atoms with Crippen LogP contribution in [0.1, 0.15) is 91.4 Å². The number of rotatable bonds is 18. The van der Waals surface area contributed by atoms with E-state index in [1.807, 2.05) is 13.8 Å². The summed E-state index contributed by atoms with van der Waals surface area (Å²) in [6.45, 7) is 8.39. The Hall–Kier alpha value is -0.0600. The lowest BCUT2D eigenvalue weighted by atomic mass is 10.0. The lowest BCUT2D eigenvalue weighted by Gasteiger charge is -2.18. The van der Waals surface area contributed by atoms with Crippen molar-refractivity contribution in [1.82, 2.24) is 0 Å². The molecule has 4 heteroatoms. The molecule has 24 heavy (non-hydrogen) atoms. The quantitative estimate of drug-likeness (QED) is 0.281. The van der Waals surface area contributed by atoms with Crippen molar-refractivity contribution in [2.75, 3.05) is 25.6 Å². The number of carbonyl (C=O) groups excluding carboxylic acids is 1. The van der Waals surface area contributed by atoms with Crippen LogP contribution in [0.25, 0.3) is 0 Å². The Balaban J connectivity index is 3.84. The van der Waals surface area contributed by atoms with Gasteiger partial charge in [-0.25, -0.2) is 0 Å². The van der Waals surface area contributed by atoms with Crippen molar-refractivity contribution >= 4 is 16.9 Å². The molecule has 0 rings (SSSR count). The van der Waals surface area contributed by atoms with Crippen molar-refractivity contribution in [1.29, 1.82) is 0 Å². The average molecular weight is 361 g/mol. The molecule has 0 aromatic rings. The van der Waals surface area contributed by atoms with E-state index in [9.17, 15) is 4.79 Å². The van der Waals surface area contributed by atoms with Crippen molar-refractivity contribution < 1.29 is 14.3 Å². The van der Waals surface area contributed by atoms with Crippen molar-refractivity contribution in [2.45, 2.75) is 97.5 Å². The van der Waals surface area contributed by atoms with Gasteiger partial charge in [-0.1, -0.05) is 70.6 Å². The number of unbranched alkanes of at least 4 members (excludes halogenated alkanes) is 6.